The molecule has 9 heteroatoms. The van der Waals surface area contributed by atoms with E-state index in [4.69, 9.17) is 0 Å². The van der Waals surface area contributed by atoms with Crippen molar-refractivity contribution >= 4 is 15.9 Å². The van der Waals surface area contributed by atoms with Gasteiger partial charge in [-0.1, -0.05) is 30.3 Å². The molecule has 1 heterocycles. The summed E-state index contributed by atoms with van der Waals surface area (Å²) in [5.41, 5.74) is 1.80. The number of nitrogens with zero attached hydrogens (tertiary/aromatic N) is 3. The standard InChI is InChI=1S/C19H21N5O3S/c1-15(16-7-9-17(10-8-16)24-14-20-13-21-24)23-19(25)11-12-22-28(26,27)18-5-3-2-4-6-18/h2-10,13-15,22H,11-12H2,1H3,(H,23,25)/t15-/m1/s1. The molecule has 3 aromatic rings. The lowest BCUT2D eigenvalue weighted by Gasteiger charge is -2.15. The summed E-state index contributed by atoms with van der Waals surface area (Å²) in [5.74, 6) is -0.233. The number of sulfonamides is 1. The van der Waals surface area contributed by atoms with Crippen molar-refractivity contribution in [2.75, 3.05) is 6.54 Å². The van der Waals surface area contributed by atoms with Crippen LogP contribution < -0.4 is 10.0 Å². The Balaban J connectivity index is 1.49. The van der Waals surface area contributed by atoms with E-state index in [1.807, 2.05) is 31.2 Å². The molecule has 1 aromatic heterocycles. The fraction of sp³-hybridized carbons (Fsp3) is 0.211. The summed E-state index contributed by atoms with van der Waals surface area (Å²) in [6, 6.07) is 15.4. The second kappa shape index (κ2) is 8.77. The molecule has 0 fully saturated rings. The first kappa shape index (κ1) is 19.7. The van der Waals surface area contributed by atoms with Crippen LogP contribution in [0.3, 0.4) is 0 Å². The van der Waals surface area contributed by atoms with E-state index >= 15 is 0 Å². The fourth-order valence-electron chi connectivity index (χ4n) is 2.64. The van der Waals surface area contributed by atoms with Gasteiger partial charge in [0.1, 0.15) is 12.7 Å². The van der Waals surface area contributed by atoms with Crippen LogP contribution in [0.1, 0.15) is 24.9 Å². The molecule has 28 heavy (non-hydrogen) atoms. The van der Waals surface area contributed by atoms with Gasteiger partial charge in [0.15, 0.2) is 0 Å². The van der Waals surface area contributed by atoms with Gasteiger partial charge in [-0.3, -0.25) is 4.79 Å². The van der Waals surface area contributed by atoms with E-state index in [9.17, 15) is 13.2 Å². The van der Waals surface area contributed by atoms with E-state index in [0.717, 1.165) is 11.3 Å². The lowest BCUT2D eigenvalue weighted by Crippen LogP contribution is -2.32. The van der Waals surface area contributed by atoms with E-state index < -0.39 is 10.0 Å². The zero-order valence-electron chi connectivity index (χ0n) is 15.3. The predicted molar refractivity (Wildman–Crippen MR) is 104 cm³/mol. The van der Waals surface area contributed by atoms with Gasteiger partial charge in [-0.15, -0.1) is 0 Å². The highest BCUT2D eigenvalue weighted by molar-refractivity contribution is 7.89. The maximum Gasteiger partial charge on any atom is 0.240 e. The van der Waals surface area contributed by atoms with Crippen LogP contribution in [0.15, 0.2) is 72.1 Å². The van der Waals surface area contributed by atoms with Crippen molar-refractivity contribution in [2.45, 2.75) is 24.3 Å². The molecular weight excluding hydrogens is 378 g/mol. The van der Waals surface area contributed by atoms with Crippen LogP contribution in [0, 0.1) is 0 Å². The van der Waals surface area contributed by atoms with Gasteiger partial charge in [-0.05, 0) is 36.8 Å². The second-order valence-electron chi connectivity index (χ2n) is 6.18. The number of rotatable bonds is 8. The maximum absolute atomic E-state index is 12.1. The number of aromatic nitrogens is 3. The van der Waals surface area contributed by atoms with Crippen LogP contribution in [-0.4, -0.2) is 35.6 Å². The Morgan fingerprint density at radius 3 is 2.46 bits per heavy atom. The summed E-state index contributed by atoms with van der Waals surface area (Å²) in [7, 11) is -3.61. The normalized spacial score (nSPS) is 12.5. The Hall–Kier alpha value is -3.04. The van der Waals surface area contributed by atoms with Crippen LogP contribution >= 0.6 is 0 Å². The Kier molecular flexibility index (Phi) is 6.17. The van der Waals surface area contributed by atoms with E-state index in [1.54, 1.807) is 29.2 Å². The van der Waals surface area contributed by atoms with Gasteiger partial charge < -0.3 is 5.32 Å². The number of carbonyl (C=O) groups excluding carboxylic acids is 1. The molecule has 0 aliphatic rings. The number of nitrogens with one attached hydrogen (secondary N) is 2. The smallest absolute Gasteiger partial charge is 0.240 e. The number of benzene rings is 2. The summed E-state index contributed by atoms with van der Waals surface area (Å²) in [4.78, 5) is 16.2. The van der Waals surface area contributed by atoms with Gasteiger partial charge in [-0.2, -0.15) is 5.10 Å². The molecule has 0 spiro atoms. The quantitative estimate of drug-likeness (QED) is 0.601. The Morgan fingerprint density at radius 1 is 1.11 bits per heavy atom. The molecule has 1 atom stereocenters. The maximum atomic E-state index is 12.1. The highest BCUT2D eigenvalue weighted by Crippen LogP contribution is 2.15. The average molecular weight is 399 g/mol. The molecule has 0 aliphatic heterocycles. The molecule has 3 rings (SSSR count). The molecule has 0 aliphatic carbocycles. The van der Waals surface area contributed by atoms with E-state index in [2.05, 4.69) is 20.1 Å². The average Bonchev–Trinajstić information content (AvgIpc) is 3.23. The molecule has 2 aromatic carbocycles. The van der Waals surface area contributed by atoms with Gasteiger partial charge in [0, 0.05) is 13.0 Å². The monoisotopic (exact) mass is 399 g/mol. The number of amides is 1. The third-order valence-corrected chi connectivity index (χ3v) is 5.63. The lowest BCUT2D eigenvalue weighted by molar-refractivity contribution is -0.121. The molecule has 0 saturated heterocycles. The van der Waals surface area contributed by atoms with Gasteiger partial charge in [0.25, 0.3) is 0 Å². The van der Waals surface area contributed by atoms with Crippen molar-refractivity contribution in [1.29, 1.82) is 0 Å². The summed E-state index contributed by atoms with van der Waals surface area (Å²) in [6.07, 6.45) is 3.12. The molecule has 2 N–H and O–H groups in total. The minimum atomic E-state index is -3.61. The van der Waals surface area contributed by atoms with E-state index in [1.165, 1.54) is 18.5 Å². The summed E-state index contributed by atoms with van der Waals surface area (Å²) < 4.78 is 28.3. The topological polar surface area (TPSA) is 106 Å². The molecule has 0 bridgehead atoms. The minimum absolute atomic E-state index is 0.0288. The third-order valence-electron chi connectivity index (χ3n) is 4.15. The first-order valence-corrected chi connectivity index (χ1v) is 10.2. The Labute approximate surface area is 163 Å². The SMILES string of the molecule is C[C@@H](NC(=O)CCNS(=O)(=O)c1ccccc1)c1ccc(-n2cncn2)cc1. The Bertz CT molecular complexity index is 1000. The van der Waals surface area contributed by atoms with Crippen molar-refractivity contribution < 1.29 is 13.2 Å². The third kappa shape index (κ3) is 5.02. The van der Waals surface area contributed by atoms with Crippen LogP contribution in [-0.2, 0) is 14.8 Å². The largest absolute Gasteiger partial charge is 0.350 e. The van der Waals surface area contributed by atoms with Gasteiger partial charge >= 0.3 is 0 Å². The molecule has 0 unspecified atom stereocenters. The number of carbonyl (C=O) groups is 1. The minimum Gasteiger partial charge on any atom is -0.350 e. The van der Waals surface area contributed by atoms with Crippen molar-refractivity contribution in [2.24, 2.45) is 0 Å². The zero-order valence-corrected chi connectivity index (χ0v) is 16.1. The van der Waals surface area contributed by atoms with Crippen LogP contribution in [0.4, 0.5) is 0 Å². The van der Waals surface area contributed by atoms with Crippen molar-refractivity contribution in [3.63, 3.8) is 0 Å². The van der Waals surface area contributed by atoms with E-state index in [0.29, 0.717) is 0 Å². The zero-order chi connectivity index (χ0) is 20.0. The lowest BCUT2D eigenvalue weighted by atomic mass is 10.1. The van der Waals surface area contributed by atoms with Crippen molar-refractivity contribution in [1.82, 2.24) is 24.8 Å². The van der Waals surface area contributed by atoms with Gasteiger partial charge in [0.2, 0.25) is 15.9 Å². The van der Waals surface area contributed by atoms with Gasteiger partial charge in [-0.25, -0.2) is 22.8 Å². The first-order chi connectivity index (χ1) is 13.5. The predicted octanol–water partition coefficient (Wildman–Crippen LogP) is 1.81. The molecule has 146 valence electrons. The highest BCUT2D eigenvalue weighted by Gasteiger charge is 2.14. The van der Waals surface area contributed by atoms with Crippen LogP contribution in [0.5, 0.6) is 0 Å². The van der Waals surface area contributed by atoms with Crippen molar-refractivity contribution in [3.05, 3.63) is 72.8 Å². The van der Waals surface area contributed by atoms with Crippen molar-refractivity contribution in [3.8, 4) is 5.69 Å². The first-order valence-electron chi connectivity index (χ1n) is 8.75. The summed E-state index contributed by atoms with van der Waals surface area (Å²) >= 11 is 0. The second-order valence-corrected chi connectivity index (χ2v) is 7.95. The summed E-state index contributed by atoms with van der Waals surface area (Å²) in [5, 5.41) is 6.93. The highest BCUT2D eigenvalue weighted by atomic mass is 32.2. The van der Waals surface area contributed by atoms with Crippen LogP contribution in [0.2, 0.25) is 0 Å². The molecule has 0 radical (unpaired) electrons. The van der Waals surface area contributed by atoms with Gasteiger partial charge in [0.05, 0.1) is 16.6 Å². The Morgan fingerprint density at radius 2 is 1.82 bits per heavy atom. The van der Waals surface area contributed by atoms with E-state index in [-0.39, 0.29) is 29.8 Å². The molecule has 0 saturated carbocycles. The fourth-order valence-corrected chi connectivity index (χ4v) is 3.69. The summed E-state index contributed by atoms with van der Waals surface area (Å²) in [6.45, 7) is 1.90. The van der Waals surface area contributed by atoms with Crippen LogP contribution in [0.25, 0.3) is 5.69 Å². The number of hydrogen-bond acceptors (Lipinski definition) is 5. The molecule has 1 amide bonds. The molecule has 8 nitrogen and oxygen atoms in total. The molecular formula is C19H21N5O3S. The number of hydrogen-bond donors (Lipinski definition) is 2.